The molecule has 0 radical (unpaired) electrons. The molecule has 1 N–H and O–H groups in total. The standard InChI is InChI=1S/C14H30O/c1-3-5-6-7-8-9-11-14(10-4-2)12-13-15/h14-15H,3-13H2,1-2H3. The first kappa shape index (κ1) is 15.0. The van der Waals surface area contributed by atoms with Crippen LogP contribution in [0.15, 0.2) is 0 Å². The number of unbranched alkanes of at least 4 members (excludes halogenated alkanes) is 5. The van der Waals surface area contributed by atoms with Gasteiger partial charge in [-0.05, 0) is 12.3 Å². The highest BCUT2D eigenvalue weighted by Crippen LogP contribution is 2.19. The van der Waals surface area contributed by atoms with E-state index in [4.69, 9.17) is 5.11 Å². The van der Waals surface area contributed by atoms with Crippen LogP contribution in [0.2, 0.25) is 0 Å². The van der Waals surface area contributed by atoms with E-state index in [9.17, 15) is 0 Å². The average molecular weight is 214 g/mol. The summed E-state index contributed by atoms with van der Waals surface area (Å²) < 4.78 is 0. The third kappa shape index (κ3) is 10.2. The molecule has 1 heteroatoms. The van der Waals surface area contributed by atoms with Crippen molar-refractivity contribution in [3.8, 4) is 0 Å². The highest BCUT2D eigenvalue weighted by atomic mass is 16.3. The molecule has 0 fully saturated rings. The van der Waals surface area contributed by atoms with Crippen molar-refractivity contribution in [3.63, 3.8) is 0 Å². The van der Waals surface area contributed by atoms with Crippen molar-refractivity contribution >= 4 is 0 Å². The Labute approximate surface area is 96.3 Å². The Bertz CT molecular complexity index is 106. The topological polar surface area (TPSA) is 20.2 Å². The van der Waals surface area contributed by atoms with Gasteiger partial charge in [-0.3, -0.25) is 0 Å². The van der Waals surface area contributed by atoms with Crippen LogP contribution < -0.4 is 0 Å². The molecular formula is C14H30O. The summed E-state index contributed by atoms with van der Waals surface area (Å²) in [6.45, 7) is 4.88. The second kappa shape index (κ2) is 12.0. The van der Waals surface area contributed by atoms with Crippen molar-refractivity contribution in [3.05, 3.63) is 0 Å². The summed E-state index contributed by atoms with van der Waals surface area (Å²) in [6, 6.07) is 0. The Morgan fingerprint density at radius 3 is 2.00 bits per heavy atom. The van der Waals surface area contributed by atoms with Crippen LogP contribution in [0.1, 0.15) is 78.1 Å². The van der Waals surface area contributed by atoms with Gasteiger partial charge in [0.15, 0.2) is 0 Å². The molecule has 0 aliphatic rings. The second-order valence-corrected chi connectivity index (χ2v) is 4.72. The van der Waals surface area contributed by atoms with Gasteiger partial charge in [-0.2, -0.15) is 0 Å². The third-order valence-corrected chi connectivity index (χ3v) is 3.20. The zero-order valence-corrected chi connectivity index (χ0v) is 10.8. The summed E-state index contributed by atoms with van der Waals surface area (Å²) in [4.78, 5) is 0. The van der Waals surface area contributed by atoms with E-state index in [-0.39, 0.29) is 0 Å². The lowest BCUT2D eigenvalue weighted by atomic mass is 9.93. The van der Waals surface area contributed by atoms with Crippen molar-refractivity contribution in [2.75, 3.05) is 6.61 Å². The van der Waals surface area contributed by atoms with Crippen LogP contribution in [0.3, 0.4) is 0 Å². The molecule has 0 aliphatic heterocycles. The van der Waals surface area contributed by atoms with E-state index in [0.29, 0.717) is 6.61 Å². The summed E-state index contributed by atoms with van der Waals surface area (Å²) in [7, 11) is 0. The molecule has 0 rings (SSSR count). The summed E-state index contributed by atoms with van der Waals surface area (Å²) in [5.74, 6) is 0.783. The molecule has 92 valence electrons. The molecule has 0 saturated carbocycles. The van der Waals surface area contributed by atoms with Crippen LogP contribution in [-0.4, -0.2) is 11.7 Å². The predicted molar refractivity (Wildman–Crippen MR) is 68.1 cm³/mol. The molecule has 0 aromatic rings. The normalized spacial score (nSPS) is 13.0. The number of hydrogen-bond donors (Lipinski definition) is 1. The molecule has 0 aromatic carbocycles. The maximum absolute atomic E-state index is 8.94. The summed E-state index contributed by atoms with van der Waals surface area (Å²) in [5.41, 5.74) is 0. The van der Waals surface area contributed by atoms with Crippen molar-refractivity contribution in [2.24, 2.45) is 5.92 Å². The van der Waals surface area contributed by atoms with Gasteiger partial charge in [-0.25, -0.2) is 0 Å². The quantitative estimate of drug-likeness (QED) is 0.501. The van der Waals surface area contributed by atoms with Crippen molar-refractivity contribution in [1.82, 2.24) is 0 Å². The monoisotopic (exact) mass is 214 g/mol. The molecule has 0 saturated heterocycles. The summed E-state index contributed by atoms with van der Waals surface area (Å²) in [5, 5.41) is 8.94. The van der Waals surface area contributed by atoms with E-state index < -0.39 is 0 Å². The Hall–Kier alpha value is -0.0400. The van der Waals surface area contributed by atoms with Gasteiger partial charge >= 0.3 is 0 Å². The number of hydrogen-bond acceptors (Lipinski definition) is 1. The summed E-state index contributed by atoms with van der Waals surface area (Å²) in [6.07, 6.45) is 13.2. The van der Waals surface area contributed by atoms with E-state index in [1.807, 2.05) is 0 Å². The van der Waals surface area contributed by atoms with E-state index in [1.165, 1.54) is 57.8 Å². The molecule has 0 amide bonds. The van der Waals surface area contributed by atoms with E-state index >= 15 is 0 Å². The van der Waals surface area contributed by atoms with Gasteiger partial charge in [-0.15, -0.1) is 0 Å². The van der Waals surface area contributed by atoms with Crippen molar-refractivity contribution in [2.45, 2.75) is 78.1 Å². The van der Waals surface area contributed by atoms with Crippen LogP contribution in [0.25, 0.3) is 0 Å². The maximum atomic E-state index is 8.94. The van der Waals surface area contributed by atoms with Crippen LogP contribution in [0.4, 0.5) is 0 Å². The minimum atomic E-state index is 0.375. The first-order valence-electron chi connectivity index (χ1n) is 6.96. The zero-order chi connectivity index (χ0) is 11.4. The number of aliphatic hydroxyl groups excluding tert-OH is 1. The maximum Gasteiger partial charge on any atom is 0.0433 e. The Morgan fingerprint density at radius 2 is 1.40 bits per heavy atom. The highest BCUT2D eigenvalue weighted by Gasteiger charge is 2.06. The van der Waals surface area contributed by atoms with Crippen molar-refractivity contribution in [1.29, 1.82) is 0 Å². The minimum absolute atomic E-state index is 0.375. The van der Waals surface area contributed by atoms with E-state index in [2.05, 4.69) is 13.8 Å². The zero-order valence-electron chi connectivity index (χ0n) is 10.8. The number of rotatable bonds is 11. The van der Waals surface area contributed by atoms with Crippen LogP contribution in [0.5, 0.6) is 0 Å². The fourth-order valence-electron chi connectivity index (χ4n) is 2.24. The van der Waals surface area contributed by atoms with Gasteiger partial charge < -0.3 is 5.11 Å². The fraction of sp³-hybridized carbons (Fsp3) is 1.00. The Balaban J connectivity index is 3.28. The lowest BCUT2D eigenvalue weighted by Gasteiger charge is -2.14. The lowest BCUT2D eigenvalue weighted by Crippen LogP contribution is -2.02. The molecule has 15 heavy (non-hydrogen) atoms. The number of aliphatic hydroxyl groups is 1. The molecule has 0 aliphatic carbocycles. The van der Waals surface area contributed by atoms with Gasteiger partial charge in [0.1, 0.15) is 0 Å². The van der Waals surface area contributed by atoms with E-state index in [1.54, 1.807) is 0 Å². The molecule has 1 nitrogen and oxygen atoms in total. The summed E-state index contributed by atoms with van der Waals surface area (Å²) >= 11 is 0. The van der Waals surface area contributed by atoms with Gasteiger partial charge in [-0.1, -0.05) is 71.6 Å². The molecule has 1 unspecified atom stereocenters. The highest BCUT2D eigenvalue weighted by molar-refractivity contribution is 4.59. The van der Waals surface area contributed by atoms with Crippen molar-refractivity contribution < 1.29 is 5.11 Å². The molecular weight excluding hydrogens is 184 g/mol. The Kier molecular flexibility index (Phi) is 12.0. The van der Waals surface area contributed by atoms with Crippen LogP contribution in [0, 0.1) is 5.92 Å². The minimum Gasteiger partial charge on any atom is -0.396 e. The Morgan fingerprint density at radius 1 is 0.733 bits per heavy atom. The fourth-order valence-corrected chi connectivity index (χ4v) is 2.24. The first-order chi connectivity index (χ1) is 7.35. The molecule has 0 heterocycles. The van der Waals surface area contributed by atoms with E-state index in [0.717, 1.165) is 12.3 Å². The molecule has 0 aromatic heterocycles. The van der Waals surface area contributed by atoms with Crippen LogP contribution in [-0.2, 0) is 0 Å². The lowest BCUT2D eigenvalue weighted by molar-refractivity contribution is 0.243. The molecule has 0 spiro atoms. The molecule has 0 bridgehead atoms. The van der Waals surface area contributed by atoms with Gasteiger partial charge in [0.25, 0.3) is 0 Å². The largest absolute Gasteiger partial charge is 0.396 e. The van der Waals surface area contributed by atoms with Gasteiger partial charge in [0, 0.05) is 6.61 Å². The average Bonchev–Trinajstić information content (AvgIpc) is 2.24. The second-order valence-electron chi connectivity index (χ2n) is 4.72. The van der Waals surface area contributed by atoms with Gasteiger partial charge in [0.2, 0.25) is 0 Å². The SMILES string of the molecule is CCCCCCCCC(CCC)CCO. The predicted octanol–water partition coefficient (Wildman–Crippen LogP) is 4.54. The third-order valence-electron chi connectivity index (χ3n) is 3.20. The smallest absolute Gasteiger partial charge is 0.0433 e. The van der Waals surface area contributed by atoms with Gasteiger partial charge in [0.05, 0.1) is 0 Å². The first-order valence-corrected chi connectivity index (χ1v) is 6.96. The van der Waals surface area contributed by atoms with Crippen LogP contribution >= 0.6 is 0 Å². The molecule has 1 atom stereocenters.